The third-order valence-corrected chi connectivity index (χ3v) is 6.62. The Hall–Kier alpha value is -3.35. The topological polar surface area (TPSA) is 80.2 Å². The molecule has 2 aliphatic heterocycles. The van der Waals surface area contributed by atoms with E-state index in [2.05, 4.69) is 12.2 Å². The maximum absolute atomic E-state index is 13.4. The molecule has 0 saturated heterocycles. The molecule has 2 heterocycles. The Bertz CT molecular complexity index is 1060. The highest BCUT2D eigenvalue weighted by Crippen LogP contribution is 2.41. The number of benzene rings is 2. The highest BCUT2D eigenvalue weighted by Gasteiger charge is 2.49. The molecule has 7 nitrogen and oxygen atoms in total. The number of rotatable bonds is 5. The zero-order chi connectivity index (χ0) is 22.1. The van der Waals surface area contributed by atoms with E-state index in [1.165, 1.54) is 0 Å². The van der Waals surface area contributed by atoms with Crippen LogP contribution in [0.25, 0.3) is 0 Å². The van der Waals surface area contributed by atoms with Gasteiger partial charge >= 0.3 is 0 Å². The van der Waals surface area contributed by atoms with Crippen molar-refractivity contribution in [1.82, 2.24) is 10.2 Å². The molecular weight excluding hydrogens is 406 g/mol. The van der Waals surface area contributed by atoms with Gasteiger partial charge in [-0.15, -0.1) is 0 Å². The number of amides is 2. The van der Waals surface area contributed by atoms with E-state index in [0.717, 1.165) is 36.8 Å². The predicted molar refractivity (Wildman–Crippen MR) is 119 cm³/mol. The third kappa shape index (κ3) is 3.83. The standard InChI is InChI=1S/C25H27N3O4/c1-17-9-11-25(12-10-17)27-23(19-5-3-2-4-6-19)24(30)28(25)15-22(29)26-14-18-7-8-20-21(13-18)32-16-31-20/h2-8,13,17H,9-12,14-16H2,1H3,(H,26,29). The molecule has 2 aromatic carbocycles. The molecule has 1 spiro atoms. The lowest BCUT2D eigenvalue weighted by Crippen LogP contribution is -2.52. The summed E-state index contributed by atoms with van der Waals surface area (Å²) in [7, 11) is 0. The van der Waals surface area contributed by atoms with Gasteiger partial charge in [-0.3, -0.25) is 14.6 Å². The van der Waals surface area contributed by atoms with Crippen molar-refractivity contribution >= 4 is 17.5 Å². The molecule has 1 saturated carbocycles. The first-order chi connectivity index (χ1) is 15.5. The van der Waals surface area contributed by atoms with Crippen LogP contribution in [0.3, 0.4) is 0 Å². The maximum atomic E-state index is 13.4. The molecule has 0 bridgehead atoms. The van der Waals surface area contributed by atoms with Crippen molar-refractivity contribution in [2.75, 3.05) is 13.3 Å². The van der Waals surface area contributed by atoms with E-state index in [1.807, 2.05) is 48.5 Å². The average molecular weight is 434 g/mol. The van der Waals surface area contributed by atoms with Crippen LogP contribution in [0.15, 0.2) is 53.5 Å². The van der Waals surface area contributed by atoms with Crippen molar-refractivity contribution in [2.45, 2.75) is 44.8 Å². The van der Waals surface area contributed by atoms with Crippen LogP contribution in [0.4, 0.5) is 0 Å². The summed E-state index contributed by atoms with van der Waals surface area (Å²) in [5, 5.41) is 2.94. The second-order valence-electron chi connectivity index (χ2n) is 8.85. The maximum Gasteiger partial charge on any atom is 0.275 e. The molecule has 5 rings (SSSR count). The van der Waals surface area contributed by atoms with Gasteiger partial charge in [0, 0.05) is 12.1 Å². The number of carbonyl (C=O) groups excluding carboxylic acids is 2. The SMILES string of the molecule is CC1CCC2(CC1)N=C(c1ccccc1)C(=O)N2CC(=O)NCc1ccc2c(c1)OCO2. The first kappa shape index (κ1) is 20.5. The average Bonchev–Trinajstić information content (AvgIpc) is 3.38. The van der Waals surface area contributed by atoms with Crippen molar-refractivity contribution in [3.63, 3.8) is 0 Å². The summed E-state index contributed by atoms with van der Waals surface area (Å²) in [6.07, 6.45) is 3.56. The van der Waals surface area contributed by atoms with Crippen molar-refractivity contribution in [3.05, 3.63) is 59.7 Å². The summed E-state index contributed by atoms with van der Waals surface area (Å²) in [6, 6.07) is 15.1. The quantitative estimate of drug-likeness (QED) is 0.785. The number of hydrogen-bond donors (Lipinski definition) is 1. The summed E-state index contributed by atoms with van der Waals surface area (Å²) < 4.78 is 10.7. The summed E-state index contributed by atoms with van der Waals surface area (Å²) in [5.41, 5.74) is 1.56. The van der Waals surface area contributed by atoms with Crippen LogP contribution in [0.1, 0.15) is 43.7 Å². The van der Waals surface area contributed by atoms with Crippen LogP contribution in [0, 0.1) is 5.92 Å². The summed E-state index contributed by atoms with van der Waals surface area (Å²) >= 11 is 0. The number of hydrogen-bond acceptors (Lipinski definition) is 5. The molecule has 1 N–H and O–H groups in total. The highest BCUT2D eigenvalue weighted by molar-refractivity contribution is 6.47. The van der Waals surface area contributed by atoms with Gasteiger partial charge in [-0.05, 0) is 49.3 Å². The van der Waals surface area contributed by atoms with Gasteiger partial charge in [-0.25, -0.2) is 0 Å². The zero-order valence-corrected chi connectivity index (χ0v) is 18.2. The minimum absolute atomic E-state index is 0.00238. The molecule has 1 aliphatic carbocycles. The fourth-order valence-electron chi connectivity index (χ4n) is 4.69. The van der Waals surface area contributed by atoms with Crippen LogP contribution >= 0.6 is 0 Å². The normalized spacial score (nSPS) is 24.0. The monoisotopic (exact) mass is 433 g/mol. The van der Waals surface area contributed by atoms with E-state index in [9.17, 15) is 9.59 Å². The lowest BCUT2D eigenvalue weighted by Gasteiger charge is -2.40. The molecule has 166 valence electrons. The molecule has 0 radical (unpaired) electrons. The molecule has 0 unspecified atom stereocenters. The van der Waals surface area contributed by atoms with E-state index < -0.39 is 5.66 Å². The van der Waals surface area contributed by atoms with E-state index in [4.69, 9.17) is 14.5 Å². The molecule has 0 aromatic heterocycles. The number of nitrogens with one attached hydrogen (secondary N) is 1. The van der Waals surface area contributed by atoms with Gasteiger partial charge in [-0.2, -0.15) is 0 Å². The Morgan fingerprint density at radius 3 is 2.66 bits per heavy atom. The Labute approximate surface area is 187 Å². The van der Waals surface area contributed by atoms with Crippen LogP contribution in [-0.4, -0.2) is 41.4 Å². The number of carbonyl (C=O) groups is 2. The Balaban J connectivity index is 1.31. The van der Waals surface area contributed by atoms with Gasteiger partial charge in [0.2, 0.25) is 12.7 Å². The van der Waals surface area contributed by atoms with Crippen LogP contribution in [-0.2, 0) is 16.1 Å². The molecule has 1 fully saturated rings. The van der Waals surface area contributed by atoms with Crippen molar-refractivity contribution in [2.24, 2.45) is 10.9 Å². The Morgan fingerprint density at radius 2 is 1.88 bits per heavy atom. The van der Waals surface area contributed by atoms with Gasteiger partial charge in [0.1, 0.15) is 17.9 Å². The summed E-state index contributed by atoms with van der Waals surface area (Å²) in [4.78, 5) is 32.9. The molecule has 0 atom stereocenters. The Morgan fingerprint density at radius 1 is 1.12 bits per heavy atom. The van der Waals surface area contributed by atoms with Gasteiger partial charge in [-0.1, -0.05) is 43.3 Å². The molecule has 3 aliphatic rings. The van der Waals surface area contributed by atoms with Gasteiger partial charge in [0.25, 0.3) is 5.91 Å². The molecule has 32 heavy (non-hydrogen) atoms. The lowest BCUT2D eigenvalue weighted by atomic mass is 9.82. The van der Waals surface area contributed by atoms with E-state index in [1.54, 1.807) is 4.90 Å². The summed E-state index contributed by atoms with van der Waals surface area (Å²) in [6.45, 7) is 2.80. The van der Waals surface area contributed by atoms with Crippen LogP contribution in [0.5, 0.6) is 11.5 Å². The smallest absolute Gasteiger partial charge is 0.275 e. The molecule has 2 aromatic rings. The van der Waals surface area contributed by atoms with Crippen LogP contribution in [0.2, 0.25) is 0 Å². The number of aliphatic imine (C=N–C) groups is 1. The molecular formula is C25H27N3O4. The van der Waals surface area contributed by atoms with E-state index >= 15 is 0 Å². The molecule has 2 amide bonds. The molecule has 7 heteroatoms. The number of ether oxygens (including phenoxy) is 2. The highest BCUT2D eigenvalue weighted by atomic mass is 16.7. The fourth-order valence-corrected chi connectivity index (χ4v) is 4.69. The van der Waals surface area contributed by atoms with Crippen molar-refractivity contribution in [3.8, 4) is 11.5 Å². The first-order valence-corrected chi connectivity index (χ1v) is 11.2. The zero-order valence-electron chi connectivity index (χ0n) is 18.2. The minimum atomic E-state index is -0.620. The second kappa shape index (κ2) is 8.30. The van der Waals surface area contributed by atoms with Crippen molar-refractivity contribution < 1.29 is 19.1 Å². The number of fused-ring (bicyclic) bond motifs is 1. The predicted octanol–water partition coefficient (Wildman–Crippen LogP) is 3.27. The Kier molecular flexibility index (Phi) is 5.33. The van der Waals surface area contributed by atoms with Crippen molar-refractivity contribution in [1.29, 1.82) is 0 Å². The fraction of sp³-hybridized carbons (Fsp3) is 0.400. The third-order valence-electron chi connectivity index (χ3n) is 6.62. The number of nitrogens with zero attached hydrogens (tertiary/aromatic N) is 2. The second-order valence-corrected chi connectivity index (χ2v) is 8.85. The van der Waals surface area contributed by atoms with E-state index in [-0.39, 0.29) is 25.2 Å². The van der Waals surface area contributed by atoms with E-state index in [0.29, 0.717) is 29.7 Å². The van der Waals surface area contributed by atoms with Crippen LogP contribution < -0.4 is 14.8 Å². The van der Waals surface area contributed by atoms with Gasteiger partial charge in [0.15, 0.2) is 11.5 Å². The van der Waals surface area contributed by atoms with Gasteiger partial charge in [0.05, 0.1) is 0 Å². The summed E-state index contributed by atoms with van der Waals surface area (Å²) in [5.74, 6) is 1.64. The largest absolute Gasteiger partial charge is 0.454 e. The first-order valence-electron chi connectivity index (χ1n) is 11.2. The van der Waals surface area contributed by atoms with Gasteiger partial charge < -0.3 is 19.7 Å². The minimum Gasteiger partial charge on any atom is -0.454 e. The lowest BCUT2D eigenvalue weighted by molar-refractivity contribution is -0.136.